The number of amides is 2. The lowest BCUT2D eigenvalue weighted by Gasteiger charge is -2.38. The van der Waals surface area contributed by atoms with Crippen LogP contribution in [0.15, 0.2) is 12.1 Å². The van der Waals surface area contributed by atoms with Crippen molar-refractivity contribution >= 4 is 32.7 Å². The zero-order valence-corrected chi connectivity index (χ0v) is 15.5. The molecule has 3 heterocycles. The van der Waals surface area contributed by atoms with Gasteiger partial charge in [-0.2, -0.15) is 0 Å². The van der Waals surface area contributed by atoms with Crippen molar-refractivity contribution in [1.29, 1.82) is 0 Å². The van der Waals surface area contributed by atoms with Crippen molar-refractivity contribution < 1.29 is 14.3 Å². The first-order valence-electron chi connectivity index (χ1n) is 8.42. The lowest BCUT2D eigenvalue weighted by molar-refractivity contribution is 0.157. The average molecular weight is 362 g/mol. The first kappa shape index (κ1) is 16.3. The highest BCUT2D eigenvalue weighted by Crippen LogP contribution is 2.40. The fourth-order valence-electron chi connectivity index (χ4n) is 3.36. The van der Waals surface area contributed by atoms with E-state index in [9.17, 15) is 4.79 Å². The third-order valence-electron chi connectivity index (χ3n) is 4.77. The number of carbonyl (C=O) groups excluding carboxylic acids is 1. The minimum Gasteiger partial charge on any atom is -0.454 e. The zero-order valence-electron chi connectivity index (χ0n) is 14.7. The molecule has 0 aliphatic carbocycles. The van der Waals surface area contributed by atoms with E-state index in [0.29, 0.717) is 0 Å². The molecule has 25 heavy (non-hydrogen) atoms. The molecule has 2 aliphatic heterocycles. The molecule has 7 nitrogen and oxygen atoms in total. The number of benzene rings is 1. The Labute approximate surface area is 150 Å². The molecule has 1 saturated heterocycles. The van der Waals surface area contributed by atoms with E-state index in [1.165, 1.54) is 0 Å². The summed E-state index contributed by atoms with van der Waals surface area (Å²) in [6.07, 6.45) is 2.07. The molecular formula is C17H22N4O3S. The van der Waals surface area contributed by atoms with Crippen LogP contribution in [0.3, 0.4) is 0 Å². The van der Waals surface area contributed by atoms with Crippen LogP contribution in [0.2, 0.25) is 0 Å². The maximum Gasteiger partial charge on any atom is 0.319 e. The molecular weight excluding hydrogens is 340 g/mol. The number of nitrogens with zero attached hydrogens (tertiary/aromatic N) is 4. The van der Waals surface area contributed by atoms with Gasteiger partial charge in [0.05, 0.1) is 16.3 Å². The van der Waals surface area contributed by atoms with Crippen LogP contribution in [0.5, 0.6) is 11.5 Å². The molecule has 0 bridgehead atoms. The second-order valence-electron chi connectivity index (χ2n) is 6.70. The Bertz CT molecular complexity index is 766. The van der Waals surface area contributed by atoms with Crippen LogP contribution in [0.4, 0.5) is 9.93 Å². The summed E-state index contributed by atoms with van der Waals surface area (Å²) in [5, 5.41) is 0.995. The number of anilines is 1. The number of likely N-dealkylation sites (N-methyl/N-ethyl adjacent to an activating group) is 1. The number of urea groups is 1. The van der Waals surface area contributed by atoms with Gasteiger partial charge in [0.1, 0.15) is 0 Å². The molecule has 4 rings (SSSR count). The topological polar surface area (TPSA) is 58.1 Å². The van der Waals surface area contributed by atoms with E-state index in [2.05, 4.69) is 4.90 Å². The Morgan fingerprint density at radius 3 is 2.80 bits per heavy atom. The molecule has 1 aromatic carbocycles. The van der Waals surface area contributed by atoms with Gasteiger partial charge in [0, 0.05) is 46.4 Å². The maximum absolute atomic E-state index is 12.2. The summed E-state index contributed by atoms with van der Waals surface area (Å²) < 4.78 is 12.0. The van der Waals surface area contributed by atoms with Crippen LogP contribution in [0.25, 0.3) is 10.2 Å². The van der Waals surface area contributed by atoms with E-state index in [1.807, 2.05) is 24.1 Å². The number of fused-ring (bicyclic) bond motifs is 2. The third kappa shape index (κ3) is 2.95. The molecule has 2 aliphatic rings. The molecule has 1 unspecified atom stereocenters. The second-order valence-corrected chi connectivity index (χ2v) is 7.71. The van der Waals surface area contributed by atoms with Crippen LogP contribution >= 0.6 is 11.3 Å². The summed E-state index contributed by atoms with van der Waals surface area (Å²) in [5.41, 5.74) is 0.934. The van der Waals surface area contributed by atoms with E-state index in [4.69, 9.17) is 14.5 Å². The van der Waals surface area contributed by atoms with Crippen molar-refractivity contribution in [2.45, 2.75) is 18.9 Å². The van der Waals surface area contributed by atoms with Gasteiger partial charge in [-0.3, -0.25) is 0 Å². The highest BCUT2D eigenvalue weighted by molar-refractivity contribution is 7.22. The van der Waals surface area contributed by atoms with Crippen molar-refractivity contribution in [3.05, 3.63) is 12.1 Å². The zero-order chi connectivity index (χ0) is 17.6. The van der Waals surface area contributed by atoms with Crippen LogP contribution in [0, 0.1) is 0 Å². The Morgan fingerprint density at radius 1 is 1.28 bits per heavy atom. The molecule has 1 aromatic heterocycles. The lowest BCUT2D eigenvalue weighted by atomic mass is 10.1. The maximum atomic E-state index is 12.2. The molecule has 0 N–H and O–H groups in total. The average Bonchev–Trinajstić information content (AvgIpc) is 3.23. The van der Waals surface area contributed by atoms with Gasteiger partial charge in [-0.05, 0) is 12.8 Å². The second kappa shape index (κ2) is 6.25. The SMILES string of the molecule is CN(C)C(=O)N(C)C1CCCN(c2nc3cc4c(cc3s2)OCO4)C1. The van der Waals surface area contributed by atoms with Crippen LogP contribution in [-0.2, 0) is 0 Å². The fraction of sp³-hybridized carbons (Fsp3) is 0.529. The Balaban J connectivity index is 1.55. The number of thiazole rings is 1. The van der Waals surface area contributed by atoms with Gasteiger partial charge in [-0.1, -0.05) is 11.3 Å². The van der Waals surface area contributed by atoms with E-state index < -0.39 is 0 Å². The Kier molecular flexibility index (Phi) is 4.07. The molecule has 0 radical (unpaired) electrons. The summed E-state index contributed by atoms with van der Waals surface area (Å²) in [6, 6.07) is 4.19. The Hall–Kier alpha value is -2.22. The predicted octanol–water partition coefficient (Wildman–Crippen LogP) is 2.61. The predicted molar refractivity (Wildman–Crippen MR) is 97.8 cm³/mol. The number of carbonyl (C=O) groups is 1. The van der Waals surface area contributed by atoms with Crippen LogP contribution in [0.1, 0.15) is 12.8 Å². The number of aromatic nitrogens is 1. The molecule has 0 saturated carbocycles. The largest absolute Gasteiger partial charge is 0.454 e. The Morgan fingerprint density at radius 2 is 2.04 bits per heavy atom. The fourth-order valence-corrected chi connectivity index (χ4v) is 4.37. The summed E-state index contributed by atoms with van der Waals surface area (Å²) in [6.45, 7) is 2.05. The van der Waals surface area contributed by atoms with Crippen molar-refractivity contribution in [3.8, 4) is 11.5 Å². The number of rotatable bonds is 2. The standard InChI is InChI=1S/C17H22N4O3S/c1-19(2)17(22)20(3)11-5-4-6-21(9-11)16-18-12-7-13-14(24-10-23-13)8-15(12)25-16/h7-8,11H,4-6,9-10H2,1-3H3. The summed E-state index contributed by atoms with van der Waals surface area (Å²) >= 11 is 1.66. The van der Waals surface area contributed by atoms with Crippen molar-refractivity contribution in [1.82, 2.24) is 14.8 Å². The van der Waals surface area contributed by atoms with Gasteiger partial charge in [-0.15, -0.1) is 0 Å². The minimum absolute atomic E-state index is 0.0434. The molecule has 0 spiro atoms. The van der Waals surface area contributed by atoms with E-state index in [1.54, 1.807) is 30.3 Å². The van der Waals surface area contributed by atoms with E-state index in [-0.39, 0.29) is 18.9 Å². The molecule has 1 fully saturated rings. The van der Waals surface area contributed by atoms with Crippen LogP contribution < -0.4 is 14.4 Å². The molecule has 2 amide bonds. The molecule has 134 valence electrons. The van der Waals surface area contributed by atoms with E-state index in [0.717, 1.165) is 52.8 Å². The number of ether oxygens (including phenoxy) is 2. The van der Waals surface area contributed by atoms with Gasteiger partial charge in [0.25, 0.3) is 0 Å². The van der Waals surface area contributed by atoms with Crippen molar-refractivity contribution in [2.75, 3.05) is 45.9 Å². The van der Waals surface area contributed by atoms with Crippen molar-refractivity contribution in [2.24, 2.45) is 0 Å². The third-order valence-corrected chi connectivity index (χ3v) is 5.85. The van der Waals surface area contributed by atoms with Gasteiger partial charge in [0.2, 0.25) is 6.79 Å². The number of hydrogen-bond donors (Lipinski definition) is 0. The summed E-state index contributed by atoms with van der Waals surface area (Å²) in [7, 11) is 5.46. The smallest absolute Gasteiger partial charge is 0.319 e. The molecule has 8 heteroatoms. The van der Waals surface area contributed by atoms with Gasteiger partial charge < -0.3 is 24.2 Å². The quantitative estimate of drug-likeness (QED) is 0.822. The molecule has 1 atom stereocenters. The molecule has 2 aromatic rings. The summed E-state index contributed by atoms with van der Waals surface area (Å²) in [4.78, 5) is 22.8. The van der Waals surface area contributed by atoms with E-state index >= 15 is 0 Å². The highest BCUT2D eigenvalue weighted by Gasteiger charge is 2.28. The summed E-state index contributed by atoms with van der Waals surface area (Å²) in [5.74, 6) is 1.55. The first-order chi connectivity index (χ1) is 12.0. The minimum atomic E-state index is 0.0434. The normalized spacial score (nSPS) is 19.3. The monoisotopic (exact) mass is 362 g/mol. The number of hydrogen-bond acceptors (Lipinski definition) is 6. The van der Waals surface area contributed by atoms with Crippen LogP contribution in [-0.4, -0.2) is 67.9 Å². The van der Waals surface area contributed by atoms with Gasteiger partial charge in [0.15, 0.2) is 16.6 Å². The van der Waals surface area contributed by atoms with Gasteiger partial charge in [-0.25, -0.2) is 9.78 Å². The van der Waals surface area contributed by atoms with Gasteiger partial charge >= 0.3 is 6.03 Å². The lowest BCUT2D eigenvalue weighted by Crippen LogP contribution is -2.51. The number of piperidine rings is 1. The first-order valence-corrected chi connectivity index (χ1v) is 9.24. The van der Waals surface area contributed by atoms with Crippen molar-refractivity contribution in [3.63, 3.8) is 0 Å². The highest BCUT2D eigenvalue weighted by atomic mass is 32.1.